The second-order valence-electron chi connectivity index (χ2n) is 11.3. The van der Waals surface area contributed by atoms with Crippen molar-refractivity contribution < 1.29 is 32.5 Å². The van der Waals surface area contributed by atoms with E-state index in [9.17, 15) is 18.3 Å². The monoisotopic (exact) mass is 621 g/mol. The predicted octanol–water partition coefficient (Wildman–Crippen LogP) is 2.30. The molecule has 4 atom stereocenters. The van der Waals surface area contributed by atoms with Gasteiger partial charge in [0.2, 0.25) is 5.91 Å². The van der Waals surface area contributed by atoms with E-state index in [1.54, 1.807) is 21.1 Å². The number of aliphatic hydroxyl groups excluding tert-OH is 1. The lowest BCUT2D eigenvalue weighted by molar-refractivity contribution is -0.125. The molecule has 0 saturated carbocycles. The molecule has 0 radical (unpaired) electrons. The molecule has 1 heterocycles. The number of amides is 1. The summed E-state index contributed by atoms with van der Waals surface area (Å²) in [7, 11) is 0.373. The highest BCUT2D eigenvalue weighted by molar-refractivity contribution is 7.91. The van der Waals surface area contributed by atoms with Crippen LogP contribution >= 0.6 is 12.4 Å². The molecular weight excluding hydrogens is 570 g/mol. The molecule has 2 rings (SSSR count). The van der Waals surface area contributed by atoms with Crippen molar-refractivity contribution in [3.05, 3.63) is 23.8 Å². The van der Waals surface area contributed by atoms with Gasteiger partial charge in [0.15, 0.2) is 21.3 Å². The number of nitrogens with two attached hydrogens (primary N) is 1. The van der Waals surface area contributed by atoms with Gasteiger partial charge in [-0.15, -0.1) is 12.4 Å². The normalized spacial score (nSPS) is 18.1. The van der Waals surface area contributed by atoms with E-state index >= 15 is 0 Å². The SMILES string of the molecule is COCCCOc1cc(C[C@@H](C[C@H](N)[C@@H](O)C[C@@H](C)C(=O)NCCN2CCS(=O)(=O)CC2)C(C)C)ccc1OC.Cl. The summed E-state index contributed by atoms with van der Waals surface area (Å²) in [5, 5.41) is 13.8. The number of hydrogen-bond donors (Lipinski definition) is 3. The number of rotatable bonds is 18. The molecule has 0 aromatic heterocycles. The largest absolute Gasteiger partial charge is 0.493 e. The maximum atomic E-state index is 12.6. The van der Waals surface area contributed by atoms with Crippen LogP contribution in [-0.4, -0.2) is 102 Å². The van der Waals surface area contributed by atoms with Gasteiger partial charge >= 0.3 is 0 Å². The van der Waals surface area contributed by atoms with Gasteiger partial charge < -0.3 is 30.4 Å². The number of ether oxygens (including phenoxy) is 3. The van der Waals surface area contributed by atoms with Gasteiger partial charge in [0.05, 0.1) is 31.3 Å². The molecule has 12 heteroatoms. The summed E-state index contributed by atoms with van der Waals surface area (Å²) in [6.07, 6.45) is 1.67. The first-order chi connectivity index (χ1) is 19.0. The molecule has 1 fully saturated rings. The number of benzene rings is 1. The van der Waals surface area contributed by atoms with E-state index in [0.29, 0.717) is 63.2 Å². The topological polar surface area (TPSA) is 140 Å². The molecule has 0 unspecified atom stereocenters. The van der Waals surface area contributed by atoms with E-state index in [1.807, 2.05) is 23.1 Å². The van der Waals surface area contributed by atoms with Gasteiger partial charge in [0.25, 0.3) is 0 Å². The number of sulfone groups is 1. The summed E-state index contributed by atoms with van der Waals surface area (Å²) in [5.74, 6) is 1.78. The number of nitrogens with zero attached hydrogens (tertiary/aromatic N) is 1. The smallest absolute Gasteiger partial charge is 0.222 e. The molecular formula is C29H52ClN3O7S. The molecule has 1 saturated heterocycles. The van der Waals surface area contributed by atoms with E-state index in [0.717, 1.165) is 18.4 Å². The van der Waals surface area contributed by atoms with E-state index in [4.69, 9.17) is 19.9 Å². The van der Waals surface area contributed by atoms with Crippen LogP contribution in [0.4, 0.5) is 0 Å². The van der Waals surface area contributed by atoms with Gasteiger partial charge in [-0.05, 0) is 48.8 Å². The molecule has 1 aliphatic heterocycles. The second-order valence-corrected chi connectivity index (χ2v) is 13.6. The van der Waals surface area contributed by atoms with Crippen molar-refractivity contribution in [1.29, 1.82) is 0 Å². The van der Waals surface area contributed by atoms with Gasteiger partial charge in [-0.1, -0.05) is 26.8 Å². The van der Waals surface area contributed by atoms with Crippen LogP contribution in [0.3, 0.4) is 0 Å². The minimum absolute atomic E-state index is 0. The summed E-state index contributed by atoms with van der Waals surface area (Å²) in [6.45, 7) is 9.32. The number of nitrogens with one attached hydrogen (secondary N) is 1. The van der Waals surface area contributed by atoms with E-state index in [1.165, 1.54) is 0 Å². The molecule has 41 heavy (non-hydrogen) atoms. The van der Waals surface area contributed by atoms with Crippen molar-refractivity contribution in [3.8, 4) is 11.5 Å². The van der Waals surface area contributed by atoms with Crippen molar-refractivity contribution >= 4 is 28.2 Å². The minimum atomic E-state index is -2.92. The molecule has 1 amide bonds. The summed E-state index contributed by atoms with van der Waals surface area (Å²) in [4.78, 5) is 14.7. The van der Waals surface area contributed by atoms with Crippen molar-refractivity contribution in [3.63, 3.8) is 0 Å². The zero-order valence-corrected chi connectivity index (χ0v) is 27.0. The van der Waals surface area contributed by atoms with Crippen LogP contribution in [0.2, 0.25) is 0 Å². The third-order valence-corrected chi connectivity index (χ3v) is 9.30. The highest BCUT2D eigenvalue weighted by atomic mass is 35.5. The Morgan fingerprint density at radius 2 is 1.78 bits per heavy atom. The average Bonchev–Trinajstić information content (AvgIpc) is 2.91. The molecule has 0 bridgehead atoms. The maximum Gasteiger partial charge on any atom is 0.222 e. The highest BCUT2D eigenvalue weighted by Gasteiger charge is 2.27. The Labute approximate surface area is 253 Å². The number of methoxy groups -OCH3 is 2. The maximum absolute atomic E-state index is 12.6. The molecule has 4 N–H and O–H groups in total. The lowest BCUT2D eigenvalue weighted by Gasteiger charge is -2.29. The van der Waals surface area contributed by atoms with Crippen LogP contribution in [0.1, 0.15) is 45.6 Å². The lowest BCUT2D eigenvalue weighted by atomic mass is 9.82. The molecule has 1 aliphatic rings. The Hall–Kier alpha value is -1.63. The van der Waals surface area contributed by atoms with Crippen LogP contribution in [-0.2, 0) is 25.8 Å². The fraction of sp³-hybridized carbons (Fsp3) is 0.759. The zero-order valence-electron chi connectivity index (χ0n) is 25.3. The summed E-state index contributed by atoms with van der Waals surface area (Å²) < 4.78 is 39.6. The molecule has 1 aromatic carbocycles. The average molecular weight is 622 g/mol. The summed E-state index contributed by atoms with van der Waals surface area (Å²) in [6, 6.07) is 5.51. The molecule has 10 nitrogen and oxygen atoms in total. The fourth-order valence-corrected chi connectivity index (χ4v) is 6.15. The van der Waals surface area contributed by atoms with Crippen LogP contribution in [0, 0.1) is 17.8 Å². The molecule has 0 aliphatic carbocycles. The van der Waals surface area contributed by atoms with Crippen LogP contribution in [0.5, 0.6) is 11.5 Å². The molecule has 238 valence electrons. The Morgan fingerprint density at radius 3 is 2.39 bits per heavy atom. The van der Waals surface area contributed by atoms with E-state index in [-0.39, 0.29) is 48.1 Å². The Balaban J connectivity index is 0.00000840. The third kappa shape index (κ3) is 13.5. The van der Waals surface area contributed by atoms with Crippen LogP contribution < -0.4 is 20.5 Å². The Morgan fingerprint density at radius 1 is 1.10 bits per heavy atom. The summed E-state index contributed by atoms with van der Waals surface area (Å²) in [5.41, 5.74) is 7.57. The Bertz CT molecular complexity index is 998. The predicted molar refractivity (Wildman–Crippen MR) is 165 cm³/mol. The first-order valence-corrected chi connectivity index (χ1v) is 16.2. The quantitative estimate of drug-likeness (QED) is 0.211. The zero-order chi connectivity index (χ0) is 29.7. The van der Waals surface area contributed by atoms with Crippen LogP contribution in [0.25, 0.3) is 0 Å². The van der Waals surface area contributed by atoms with Crippen molar-refractivity contribution in [1.82, 2.24) is 10.2 Å². The standard InChI is InChI=1S/C29H51N3O7S.ClH/c1-21(2)24(18-23-7-8-27(38-5)28(19-23)39-14-6-13-37-4)20-25(30)26(33)17-22(3)29(34)31-9-10-32-11-15-40(35,36)16-12-32;/h7-8,19,21-22,24-26,33H,6,9-18,20,30H2,1-5H3,(H,31,34);1H/t22-,24+,25+,26+;/m1./s1. The molecule has 1 aromatic rings. The van der Waals surface area contributed by atoms with Gasteiger partial charge in [-0.25, -0.2) is 8.42 Å². The van der Waals surface area contributed by atoms with Gasteiger partial charge in [-0.3, -0.25) is 9.69 Å². The minimum Gasteiger partial charge on any atom is -0.493 e. The number of aliphatic hydroxyl groups is 1. The van der Waals surface area contributed by atoms with Crippen molar-refractivity contribution in [2.75, 3.05) is 65.1 Å². The third-order valence-electron chi connectivity index (χ3n) is 7.70. The summed E-state index contributed by atoms with van der Waals surface area (Å²) >= 11 is 0. The first-order valence-electron chi connectivity index (χ1n) is 14.4. The number of halogens is 1. The molecule has 0 spiro atoms. The number of carbonyl (C=O) groups is 1. The Kier molecular flexibility index (Phi) is 17.2. The van der Waals surface area contributed by atoms with Gasteiger partial charge in [0, 0.05) is 58.3 Å². The van der Waals surface area contributed by atoms with Gasteiger partial charge in [0.1, 0.15) is 0 Å². The van der Waals surface area contributed by atoms with Crippen molar-refractivity contribution in [2.24, 2.45) is 23.5 Å². The fourth-order valence-electron chi connectivity index (χ4n) is 4.88. The first kappa shape index (κ1) is 37.4. The van der Waals surface area contributed by atoms with Crippen molar-refractivity contribution in [2.45, 2.75) is 58.6 Å². The van der Waals surface area contributed by atoms with Crippen LogP contribution in [0.15, 0.2) is 18.2 Å². The number of carbonyl (C=O) groups excluding carboxylic acids is 1. The van der Waals surface area contributed by atoms with E-state index in [2.05, 4.69) is 19.2 Å². The second kappa shape index (κ2) is 18.8. The highest BCUT2D eigenvalue weighted by Crippen LogP contribution is 2.31. The lowest BCUT2D eigenvalue weighted by Crippen LogP contribution is -2.45. The van der Waals surface area contributed by atoms with Gasteiger partial charge in [-0.2, -0.15) is 0 Å². The van der Waals surface area contributed by atoms with E-state index < -0.39 is 22.0 Å². The number of hydrogen-bond acceptors (Lipinski definition) is 9.